The molecule has 0 aromatic heterocycles. The lowest BCUT2D eigenvalue weighted by atomic mass is 10.2. The predicted octanol–water partition coefficient (Wildman–Crippen LogP) is 0.785. The largest absolute Gasteiger partial charge is 0.506 e. The van der Waals surface area contributed by atoms with E-state index >= 15 is 0 Å². The van der Waals surface area contributed by atoms with E-state index in [-0.39, 0.29) is 36.0 Å². The molecule has 1 aliphatic rings. The normalized spacial score (nSPS) is 18.7. The number of anilines is 1. The fourth-order valence-corrected chi connectivity index (χ4v) is 5.71. The summed E-state index contributed by atoms with van der Waals surface area (Å²) in [4.78, 5) is 12.5. The Morgan fingerprint density at radius 1 is 1.26 bits per heavy atom. The average Bonchev–Trinajstić information content (AvgIpc) is 3.07. The van der Waals surface area contributed by atoms with Crippen LogP contribution in [0.3, 0.4) is 0 Å². The van der Waals surface area contributed by atoms with Crippen molar-refractivity contribution in [3.63, 3.8) is 0 Å². The second-order valence-corrected chi connectivity index (χ2v) is 10.2. The second kappa shape index (κ2) is 8.13. The van der Waals surface area contributed by atoms with Crippen molar-refractivity contribution in [3.8, 4) is 5.75 Å². The van der Waals surface area contributed by atoms with E-state index in [1.807, 2.05) is 0 Å². The first kappa shape index (κ1) is 21.6. The Labute approximate surface area is 160 Å². The molecule has 1 atom stereocenters. The summed E-state index contributed by atoms with van der Waals surface area (Å²) in [7, 11) is -7.31. The first-order chi connectivity index (χ1) is 12.5. The molecule has 2 N–H and O–H groups in total. The number of nitrogens with zero attached hydrogens (tertiary/aromatic N) is 2. The number of amides is 1. The highest BCUT2D eigenvalue weighted by atomic mass is 32.2. The van der Waals surface area contributed by atoms with Gasteiger partial charge < -0.3 is 10.4 Å². The molecule has 1 saturated heterocycles. The van der Waals surface area contributed by atoms with Gasteiger partial charge in [0, 0.05) is 19.6 Å². The third-order valence-corrected chi connectivity index (χ3v) is 7.84. The highest BCUT2D eigenvalue weighted by molar-refractivity contribution is 7.89. The Balaban J connectivity index is 2.31. The van der Waals surface area contributed by atoms with Crippen LogP contribution in [0.15, 0.2) is 23.1 Å². The van der Waals surface area contributed by atoms with E-state index in [4.69, 9.17) is 0 Å². The number of nitrogens with one attached hydrogen (secondary N) is 1. The van der Waals surface area contributed by atoms with Crippen LogP contribution in [0.25, 0.3) is 0 Å². The Morgan fingerprint density at radius 2 is 1.89 bits per heavy atom. The number of carbonyl (C=O) groups excluding carboxylic acids is 1. The SMILES string of the molecule is CCN(CC)S(=O)(=O)c1ccc(O)c(NC(=O)C2CCCN2S(C)(=O)=O)c1. The summed E-state index contributed by atoms with van der Waals surface area (Å²) in [6.45, 7) is 4.24. The zero-order chi connectivity index (χ0) is 20.4. The van der Waals surface area contributed by atoms with Gasteiger partial charge in [-0.3, -0.25) is 4.79 Å². The van der Waals surface area contributed by atoms with E-state index in [2.05, 4.69) is 5.32 Å². The predicted molar refractivity (Wildman–Crippen MR) is 101 cm³/mol. The topological polar surface area (TPSA) is 124 Å². The zero-order valence-corrected chi connectivity index (χ0v) is 17.2. The van der Waals surface area contributed by atoms with E-state index in [1.165, 1.54) is 22.5 Å². The number of hydrogen-bond acceptors (Lipinski definition) is 6. The van der Waals surface area contributed by atoms with Crippen molar-refractivity contribution < 1.29 is 26.7 Å². The molecule has 1 amide bonds. The third kappa shape index (κ3) is 4.60. The minimum absolute atomic E-state index is 0.0642. The van der Waals surface area contributed by atoms with Gasteiger partial charge in [-0.1, -0.05) is 13.8 Å². The van der Waals surface area contributed by atoms with Crippen LogP contribution in [-0.4, -0.2) is 68.4 Å². The van der Waals surface area contributed by atoms with Crippen molar-refractivity contribution in [3.05, 3.63) is 18.2 Å². The maximum atomic E-state index is 12.6. The van der Waals surface area contributed by atoms with E-state index in [1.54, 1.807) is 13.8 Å². The molecule has 152 valence electrons. The van der Waals surface area contributed by atoms with E-state index in [9.17, 15) is 26.7 Å². The van der Waals surface area contributed by atoms with E-state index in [0.717, 1.165) is 10.6 Å². The van der Waals surface area contributed by atoms with Crippen LogP contribution in [0.2, 0.25) is 0 Å². The number of phenols is 1. The van der Waals surface area contributed by atoms with Crippen molar-refractivity contribution in [2.45, 2.75) is 37.6 Å². The van der Waals surface area contributed by atoms with Crippen molar-refractivity contribution in [2.24, 2.45) is 0 Å². The van der Waals surface area contributed by atoms with Gasteiger partial charge in [-0.25, -0.2) is 16.8 Å². The summed E-state index contributed by atoms with van der Waals surface area (Å²) >= 11 is 0. The molecular formula is C16H25N3O6S2. The van der Waals surface area contributed by atoms with Crippen LogP contribution >= 0.6 is 0 Å². The molecule has 1 aromatic carbocycles. The van der Waals surface area contributed by atoms with E-state index < -0.39 is 32.0 Å². The summed E-state index contributed by atoms with van der Waals surface area (Å²) in [5.41, 5.74) is -0.0754. The lowest BCUT2D eigenvalue weighted by Crippen LogP contribution is -2.42. The van der Waals surface area contributed by atoms with Gasteiger partial charge in [0.1, 0.15) is 11.8 Å². The molecule has 1 heterocycles. The van der Waals surface area contributed by atoms with Crippen LogP contribution in [0.4, 0.5) is 5.69 Å². The highest BCUT2D eigenvalue weighted by Crippen LogP contribution is 2.29. The summed E-state index contributed by atoms with van der Waals surface area (Å²) < 4.78 is 51.2. The van der Waals surface area contributed by atoms with Crippen LogP contribution < -0.4 is 5.32 Å². The van der Waals surface area contributed by atoms with Crippen LogP contribution in [-0.2, 0) is 24.8 Å². The first-order valence-corrected chi connectivity index (χ1v) is 11.9. The summed E-state index contributed by atoms with van der Waals surface area (Å²) in [6, 6.07) is 2.74. The number of carbonyl (C=O) groups is 1. The van der Waals surface area contributed by atoms with Gasteiger partial charge in [0.05, 0.1) is 16.8 Å². The standard InChI is InChI=1S/C16H25N3O6S2/c1-4-18(5-2)27(24,25)12-8-9-15(20)13(11-12)17-16(21)14-7-6-10-19(14)26(3,22)23/h8-9,11,14,20H,4-7,10H2,1-3H3,(H,17,21). The number of sulfonamides is 2. The quantitative estimate of drug-likeness (QED) is 0.630. The molecule has 1 unspecified atom stereocenters. The maximum absolute atomic E-state index is 12.6. The molecule has 1 aliphatic heterocycles. The molecule has 11 heteroatoms. The highest BCUT2D eigenvalue weighted by Gasteiger charge is 2.36. The van der Waals surface area contributed by atoms with Crippen LogP contribution in [0, 0.1) is 0 Å². The summed E-state index contributed by atoms with van der Waals surface area (Å²) in [5.74, 6) is -0.906. The minimum atomic E-state index is -3.76. The molecule has 1 aromatic rings. The van der Waals surface area contributed by atoms with Crippen LogP contribution in [0.5, 0.6) is 5.75 Å². The Morgan fingerprint density at radius 3 is 2.44 bits per heavy atom. The Bertz CT molecular complexity index is 910. The average molecular weight is 420 g/mol. The lowest BCUT2D eigenvalue weighted by molar-refractivity contribution is -0.119. The molecule has 1 fully saturated rings. The number of phenolic OH excluding ortho intramolecular Hbond substituents is 1. The van der Waals surface area contributed by atoms with Crippen LogP contribution in [0.1, 0.15) is 26.7 Å². The number of aromatic hydroxyl groups is 1. The molecule has 0 spiro atoms. The fraction of sp³-hybridized carbons (Fsp3) is 0.562. The summed E-state index contributed by atoms with van der Waals surface area (Å²) in [5, 5.41) is 12.5. The molecule has 27 heavy (non-hydrogen) atoms. The Kier molecular flexibility index (Phi) is 6.51. The molecule has 0 radical (unpaired) electrons. The second-order valence-electron chi connectivity index (χ2n) is 6.29. The van der Waals surface area contributed by atoms with Gasteiger partial charge >= 0.3 is 0 Å². The first-order valence-electron chi connectivity index (χ1n) is 8.63. The molecule has 0 bridgehead atoms. The van der Waals surface area contributed by atoms with Crippen molar-refractivity contribution in [1.82, 2.24) is 8.61 Å². The van der Waals surface area contributed by atoms with Crippen molar-refractivity contribution in [2.75, 3.05) is 31.2 Å². The molecule has 0 saturated carbocycles. The van der Waals surface area contributed by atoms with Gasteiger partial charge in [-0.2, -0.15) is 8.61 Å². The molecule has 0 aliphatic carbocycles. The van der Waals surface area contributed by atoms with E-state index in [0.29, 0.717) is 12.8 Å². The maximum Gasteiger partial charge on any atom is 0.243 e. The van der Waals surface area contributed by atoms with Gasteiger partial charge in [0.25, 0.3) is 0 Å². The van der Waals surface area contributed by atoms with Crippen molar-refractivity contribution >= 4 is 31.6 Å². The summed E-state index contributed by atoms with van der Waals surface area (Å²) in [6.07, 6.45) is 1.94. The Hall–Kier alpha value is -1.69. The fourth-order valence-electron chi connectivity index (χ4n) is 3.10. The van der Waals surface area contributed by atoms with Gasteiger partial charge in [-0.15, -0.1) is 0 Å². The van der Waals surface area contributed by atoms with Gasteiger partial charge in [0.15, 0.2) is 0 Å². The zero-order valence-electron chi connectivity index (χ0n) is 15.5. The molecule has 2 rings (SSSR count). The molecular weight excluding hydrogens is 394 g/mol. The monoisotopic (exact) mass is 419 g/mol. The smallest absolute Gasteiger partial charge is 0.243 e. The van der Waals surface area contributed by atoms with Gasteiger partial charge in [0.2, 0.25) is 26.0 Å². The lowest BCUT2D eigenvalue weighted by Gasteiger charge is -2.22. The van der Waals surface area contributed by atoms with Crippen molar-refractivity contribution in [1.29, 1.82) is 0 Å². The van der Waals surface area contributed by atoms with Gasteiger partial charge in [-0.05, 0) is 31.0 Å². The number of benzene rings is 1. The third-order valence-electron chi connectivity index (χ3n) is 4.50. The molecule has 9 nitrogen and oxygen atoms in total. The minimum Gasteiger partial charge on any atom is -0.506 e. The number of hydrogen-bond donors (Lipinski definition) is 2. The number of rotatable bonds is 7.